The first kappa shape index (κ1) is 19.7. The van der Waals surface area contributed by atoms with Gasteiger partial charge in [-0.15, -0.1) is 0 Å². The Morgan fingerprint density at radius 2 is 1.47 bits per heavy atom. The van der Waals surface area contributed by atoms with E-state index in [0.29, 0.717) is 30.0 Å². The fraction of sp³-hybridized carbons (Fsp3) is 0.120. The lowest BCUT2D eigenvalue weighted by Gasteiger charge is -2.24. The highest BCUT2D eigenvalue weighted by Gasteiger charge is 2.41. The molecular formula is C25H20N4O3. The molecule has 7 nitrogen and oxygen atoms in total. The van der Waals surface area contributed by atoms with E-state index in [9.17, 15) is 9.59 Å². The van der Waals surface area contributed by atoms with Crippen LogP contribution < -0.4 is 4.74 Å². The zero-order chi connectivity index (χ0) is 21.9. The lowest BCUT2D eigenvalue weighted by Crippen LogP contribution is -2.36. The first-order valence-electron chi connectivity index (χ1n) is 10.3. The van der Waals surface area contributed by atoms with Crippen molar-refractivity contribution in [2.24, 2.45) is 0 Å². The van der Waals surface area contributed by atoms with Gasteiger partial charge in [0.05, 0.1) is 11.1 Å². The SMILES string of the molecule is O=C1c2ccccc2C(=O)N1[C@@H](Cc1ccc(OCc2ccccc2)cc1)c1ncn[nH]1. The van der Waals surface area contributed by atoms with Crippen LogP contribution in [0.5, 0.6) is 5.75 Å². The van der Waals surface area contributed by atoms with Crippen LogP contribution in [0, 0.1) is 0 Å². The lowest BCUT2D eigenvalue weighted by molar-refractivity contribution is 0.0574. The van der Waals surface area contributed by atoms with Crippen LogP contribution in [0.15, 0.2) is 85.2 Å². The second-order valence-electron chi connectivity index (χ2n) is 7.53. The van der Waals surface area contributed by atoms with Crippen molar-refractivity contribution >= 4 is 11.8 Å². The molecule has 0 fully saturated rings. The molecule has 0 radical (unpaired) electrons. The van der Waals surface area contributed by atoms with Crippen molar-refractivity contribution in [3.63, 3.8) is 0 Å². The number of nitrogens with one attached hydrogen (secondary N) is 1. The molecule has 1 atom stereocenters. The third-order valence-corrected chi connectivity index (χ3v) is 5.49. The minimum absolute atomic E-state index is 0.324. The van der Waals surface area contributed by atoms with Crippen LogP contribution in [0.2, 0.25) is 0 Å². The summed E-state index contributed by atoms with van der Waals surface area (Å²) in [4.78, 5) is 31.6. The van der Waals surface area contributed by atoms with Gasteiger partial charge in [0.25, 0.3) is 11.8 Å². The summed E-state index contributed by atoms with van der Waals surface area (Å²) >= 11 is 0. The zero-order valence-electron chi connectivity index (χ0n) is 17.1. The third-order valence-electron chi connectivity index (χ3n) is 5.49. The van der Waals surface area contributed by atoms with Gasteiger partial charge in [0, 0.05) is 6.42 Å². The number of fused-ring (bicyclic) bond motifs is 1. The van der Waals surface area contributed by atoms with E-state index < -0.39 is 6.04 Å². The second-order valence-corrected chi connectivity index (χ2v) is 7.53. The quantitative estimate of drug-likeness (QED) is 0.454. The predicted octanol–water partition coefficient (Wildman–Crippen LogP) is 3.96. The van der Waals surface area contributed by atoms with Gasteiger partial charge in [0.15, 0.2) is 0 Å². The second kappa shape index (κ2) is 8.47. The maximum atomic E-state index is 13.0. The molecule has 1 aromatic heterocycles. The van der Waals surface area contributed by atoms with Crippen molar-refractivity contribution in [3.8, 4) is 5.75 Å². The number of hydrogen-bond acceptors (Lipinski definition) is 5. The van der Waals surface area contributed by atoms with Crippen molar-refractivity contribution in [1.82, 2.24) is 20.1 Å². The van der Waals surface area contributed by atoms with Gasteiger partial charge in [0.2, 0.25) is 0 Å². The van der Waals surface area contributed by atoms with Crippen LogP contribution in [0.1, 0.15) is 43.7 Å². The van der Waals surface area contributed by atoms with E-state index >= 15 is 0 Å². The van der Waals surface area contributed by atoms with Crippen molar-refractivity contribution in [3.05, 3.63) is 113 Å². The Morgan fingerprint density at radius 1 is 0.812 bits per heavy atom. The number of H-pyrrole nitrogens is 1. The number of ether oxygens (including phenoxy) is 1. The van der Waals surface area contributed by atoms with Crippen LogP contribution in [0.25, 0.3) is 0 Å². The van der Waals surface area contributed by atoms with E-state index in [-0.39, 0.29) is 11.8 Å². The number of carbonyl (C=O) groups excluding carboxylic acids is 2. The van der Waals surface area contributed by atoms with Gasteiger partial charge in [-0.25, -0.2) is 4.98 Å². The maximum Gasteiger partial charge on any atom is 0.262 e. The molecule has 1 N–H and O–H groups in total. The first-order chi connectivity index (χ1) is 15.7. The van der Waals surface area contributed by atoms with Crippen LogP contribution in [-0.2, 0) is 13.0 Å². The number of aromatic amines is 1. The number of carbonyl (C=O) groups is 2. The number of nitrogens with zero attached hydrogens (tertiary/aromatic N) is 3. The van der Waals surface area contributed by atoms with Gasteiger partial charge in [-0.3, -0.25) is 19.6 Å². The van der Waals surface area contributed by atoms with E-state index in [1.54, 1.807) is 24.3 Å². The largest absolute Gasteiger partial charge is 0.489 e. The van der Waals surface area contributed by atoms with E-state index in [1.165, 1.54) is 11.2 Å². The topological polar surface area (TPSA) is 88.2 Å². The third kappa shape index (κ3) is 3.76. The Bertz CT molecular complexity index is 1200. The molecule has 0 saturated carbocycles. The molecule has 1 aliphatic heterocycles. The molecule has 1 aliphatic rings. The van der Waals surface area contributed by atoms with Gasteiger partial charge in [-0.05, 0) is 35.4 Å². The highest BCUT2D eigenvalue weighted by Crippen LogP contribution is 2.32. The molecule has 0 unspecified atom stereocenters. The zero-order valence-corrected chi connectivity index (χ0v) is 17.1. The molecule has 0 spiro atoms. The maximum absolute atomic E-state index is 13.0. The molecule has 158 valence electrons. The number of imide groups is 1. The summed E-state index contributed by atoms with van der Waals surface area (Å²) in [7, 11) is 0. The minimum atomic E-state index is -0.596. The number of amides is 2. The predicted molar refractivity (Wildman–Crippen MR) is 117 cm³/mol. The molecular weight excluding hydrogens is 404 g/mol. The first-order valence-corrected chi connectivity index (χ1v) is 10.3. The summed E-state index contributed by atoms with van der Waals surface area (Å²) in [5, 5.41) is 6.74. The number of rotatable bonds is 7. The molecule has 32 heavy (non-hydrogen) atoms. The van der Waals surface area contributed by atoms with E-state index in [0.717, 1.165) is 16.9 Å². The molecule has 5 rings (SSSR count). The number of benzene rings is 3. The van der Waals surface area contributed by atoms with Gasteiger partial charge >= 0.3 is 0 Å². The highest BCUT2D eigenvalue weighted by atomic mass is 16.5. The van der Waals surface area contributed by atoms with E-state index in [2.05, 4.69) is 15.2 Å². The summed E-state index contributed by atoms with van der Waals surface area (Å²) in [6.45, 7) is 0.482. The molecule has 7 heteroatoms. The fourth-order valence-corrected chi connectivity index (χ4v) is 3.86. The molecule has 4 aromatic rings. The summed E-state index contributed by atoms with van der Waals surface area (Å²) in [6.07, 6.45) is 1.78. The standard InChI is InChI=1S/C25H20N4O3/c30-24-20-8-4-5-9-21(20)25(31)29(24)22(23-26-16-27-28-23)14-17-10-12-19(13-11-17)32-15-18-6-2-1-3-7-18/h1-13,16,22H,14-15H2,(H,26,27,28)/t22-/m0/s1. The normalized spacial score (nSPS) is 13.8. The van der Waals surface area contributed by atoms with Crippen molar-refractivity contribution in [2.45, 2.75) is 19.1 Å². The Labute approximate surface area is 184 Å². The molecule has 2 amide bonds. The summed E-state index contributed by atoms with van der Waals surface area (Å²) < 4.78 is 5.85. The average molecular weight is 424 g/mol. The summed E-state index contributed by atoms with van der Waals surface area (Å²) in [5.41, 5.74) is 2.85. The Hall–Kier alpha value is -4.26. The monoisotopic (exact) mass is 424 g/mol. The smallest absolute Gasteiger partial charge is 0.262 e. The Kier molecular flexibility index (Phi) is 5.21. The molecule has 0 aliphatic carbocycles. The van der Waals surface area contributed by atoms with Crippen molar-refractivity contribution < 1.29 is 14.3 Å². The Morgan fingerprint density at radius 3 is 2.09 bits per heavy atom. The molecule has 0 saturated heterocycles. The van der Waals surface area contributed by atoms with Crippen LogP contribution in [-0.4, -0.2) is 31.9 Å². The molecule has 2 heterocycles. The van der Waals surface area contributed by atoms with Gasteiger partial charge in [-0.1, -0.05) is 54.6 Å². The fourth-order valence-electron chi connectivity index (χ4n) is 3.86. The van der Waals surface area contributed by atoms with Crippen LogP contribution in [0.4, 0.5) is 0 Å². The molecule has 3 aromatic carbocycles. The minimum Gasteiger partial charge on any atom is -0.489 e. The summed E-state index contributed by atoms with van der Waals surface area (Å²) in [5.74, 6) is 0.558. The van der Waals surface area contributed by atoms with Gasteiger partial charge in [-0.2, -0.15) is 5.10 Å². The van der Waals surface area contributed by atoms with Crippen molar-refractivity contribution in [1.29, 1.82) is 0 Å². The van der Waals surface area contributed by atoms with Crippen LogP contribution in [0.3, 0.4) is 0 Å². The van der Waals surface area contributed by atoms with E-state index in [1.807, 2.05) is 54.6 Å². The lowest BCUT2D eigenvalue weighted by atomic mass is 10.0. The number of hydrogen-bond donors (Lipinski definition) is 1. The van der Waals surface area contributed by atoms with Gasteiger partial charge < -0.3 is 4.74 Å². The average Bonchev–Trinajstić information content (AvgIpc) is 3.46. The number of aromatic nitrogens is 3. The highest BCUT2D eigenvalue weighted by molar-refractivity contribution is 6.21. The van der Waals surface area contributed by atoms with Crippen LogP contribution >= 0.6 is 0 Å². The van der Waals surface area contributed by atoms with Crippen molar-refractivity contribution in [2.75, 3.05) is 0 Å². The van der Waals surface area contributed by atoms with Gasteiger partial charge in [0.1, 0.15) is 30.5 Å². The summed E-state index contributed by atoms with van der Waals surface area (Å²) in [6, 6.07) is 23.8. The van der Waals surface area contributed by atoms with E-state index in [4.69, 9.17) is 4.74 Å². The molecule has 0 bridgehead atoms. The Balaban J connectivity index is 1.35.